The fourth-order valence-electron chi connectivity index (χ4n) is 2.36. The van der Waals surface area contributed by atoms with Gasteiger partial charge < -0.3 is 9.84 Å². The Kier molecular flexibility index (Phi) is 6.09. The highest BCUT2D eigenvalue weighted by Crippen LogP contribution is 2.29. The van der Waals surface area contributed by atoms with E-state index in [1.165, 1.54) is 0 Å². The minimum atomic E-state index is -1.84. The van der Waals surface area contributed by atoms with Crippen molar-refractivity contribution >= 4 is 11.8 Å². The first-order valence-corrected chi connectivity index (χ1v) is 7.96. The van der Waals surface area contributed by atoms with E-state index in [-0.39, 0.29) is 0 Å². The minimum absolute atomic E-state index is 0.411. The molecule has 5 nitrogen and oxygen atoms in total. The van der Waals surface area contributed by atoms with Crippen LogP contribution in [0.5, 0.6) is 0 Å². The number of aliphatic hydroxyl groups is 1. The van der Waals surface area contributed by atoms with Crippen LogP contribution in [-0.2, 0) is 15.1 Å². The summed E-state index contributed by atoms with van der Waals surface area (Å²) in [5.41, 5.74) is 1.54. The summed E-state index contributed by atoms with van der Waals surface area (Å²) in [5, 5.41) is 15.2. The molecule has 0 aliphatic carbocycles. The number of benzene rings is 2. The van der Waals surface area contributed by atoms with E-state index < -0.39 is 11.5 Å². The van der Waals surface area contributed by atoms with Gasteiger partial charge in [-0.15, -0.1) is 5.10 Å². The maximum Gasteiger partial charge on any atom is 0.281 e. The second kappa shape index (κ2) is 8.26. The van der Waals surface area contributed by atoms with E-state index >= 15 is 0 Å². The molecule has 2 aromatic rings. The lowest BCUT2D eigenvalue weighted by Crippen LogP contribution is -2.44. The number of rotatable bonds is 6. The molecule has 0 heterocycles. The first-order chi connectivity index (χ1) is 11.6. The third-order valence-corrected chi connectivity index (χ3v) is 3.61. The smallest absolute Gasteiger partial charge is 0.281 e. The molecule has 0 radical (unpaired) electrons. The van der Waals surface area contributed by atoms with Gasteiger partial charge in [0.2, 0.25) is 5.90 Å². The third-order valence-electron chi connectivity index (χ3n) is 3.61. The molecule has 2 rings (SSSR count). The second-order valence-corrected chi connectivity index (χ2v) is 5.18. The Morgan fingerprint density at radius 3 is 1.96 bits per heavy atom. The summed E-state index contributed by atoms with van der Waals surface area (Å²) in [6.07, 6.45) is 0.545. The fourth-order valence-corrected chi connectivity index (χ4v) is 2.36. The molecule has 0 saturated carbocycles. The monoisotopic (exact) mass is 326 g/mol. The van der Waals surface area contributed by atoms with E-state index in [0.717, 1.165) is 0 Å². The Balaban J connectivity index is 2.39. The van der Waals surface area contributed by atoms with Gasteiger partial charge in [0.05, 0.1) is 6.61 Å². The van der Waals surface area contributed by atoms with Gasteiger partial charge in [0.1, 0.15) is 0 Å². The average Bonchev–Trinajstić information content (AvgIpc) is 2.65. The zero-order chi connectivity index (χ0) is 17.4. The van der Waals surface area contributed by atoms with Crippen molar-refractivity contribution in [2.75, 3.05) is 6.61 Å². The molecule has 0 unspecified atom stereocenters. The van der Waals surface area contributed by atoms with Crippen LogP contribution >= 0.6 is 0 Å². The topological polar surface area (TPSA) is 70.9 Å². The van der Waals surface area contributed by atoms with Crippen LogP contribution in [0.4, 0.5) is 0 Å². The molecular formula is C19H22N2O3. The van der Waals surface area contributed by atoms with Crippen LogP contribution in [0.2, 0.25) is 0 Å². The molecule has 2 N–H and O–H groups in total. The number of hydrazone groups is 1. The van der Waals surface area contributed by atoms with Crippen LogP contribution in [0.15, 0.2) is 65.8 Å². The number of ether oxygens (including phenoxy) is 1. The Hall–Kier alpha value is -2.66. The number of nitrogens with zero attached hydrogens (tertiary/aromatic N) is 1. The van der Waals surface area contributed by atoms with Gasteiger partial charge in [-0.25, -0.2) is 5.43 Å². The fraction of sp³-hybridized carbons (Fsp3) is 0.263. The van der Waals surface area contributed by atoms with Crippen molar-refractivity contribution in [2.45, 2.75) is 25.9 Å². The van der Waals surface area contributed by atoms with E-state index in [2.05, 4.69) is 10.5 Å². The molecule has 0 aliphatic rings. The molecule has 2 aromatic carbocycles. The number of hydrogen-bond donors (Lipinski definition) is 2. The van der Waals surface area contributed by atoms with Crippen LogP contribution in [-0.4, -0.2) is 23.5 Å². The first-order valence-electron chi connectivity index (χ1n) is 7.96. The molecule has 0 spiro atoms. The zero-order valence-electron chi connectivity index (χ0n) is 13.9. The van der Waals surface area contributed by atoms with Gasteiger partial charge in [-0.1, -0.05) is 67.6 Å². The molecule has 24 heavy (non-hydrogen) atoms. The van der Waals surface area contributed by atoms with Crippen molar-refractivity contribution in [3.05, 3.63) is 71.8 Å². The largest absolute Gasteiger partial charge is 0.480 e. The highest BCUT2D eigenvalue weighted by molar-refractivity contribution is 5.91. The summed E-state index contributed by atoms with van der Waals surface area (Å²) in [5.74, 6) is -0.222. The van der Waals surface area contributed by atoms with Gasteiger partial charge in [-0.05, 0) is 18.1 Å². The molecule has 5 heteroatoms. The van der Waals surface area contributed by atoms with Crippen molar-refractivity contribution in [1.29, 1.82) is 0 Å². The Labute approximate surface area is 142 Å². The maximum absolute atomic E-state index is 12.8. The predicted molar refractivity (Wildman–Crippen MR) is 93.4 cm³/mol. The van der Waals surface area contributed by atoms with Gasteiger partial charge in [0.15, 0.2) is 5.60 Å². The van der Waals surface area contributed by atoms with Gasteiger partial charge in [-0.2, -0.15) is 0 Å². The van der Waals surface area contributed by atoms with E-state index in [1.54, 1.807) is 48.5 Å². The molecule has 0 bridgehead atoms. The summed E-state index contributed by atoms with van der Waals surface area (Å²) in [7, 11) is 0. The Morgan fingerprint density at radius 1 is 1.04 bits per heavy atom. The lowest BCUT2D eigenvalue weighted by molar-refractivity contribution is -0.136. The van der Waals surface area contributed by atoms with E-state index in [1.807, 2.05) is 26.0 Å². The van der Waals surface area contributed by atoms with Crippen molar-refractivity contribution in [3.8, 4) is 0 Å². The lowest BCUT2D eigenvalue weighted by atomic mass is 9.85. The highest BCUT2D eigenvalue weighted by atomic mass is 16.5. The molecular weight excluding hydrogens is 304 g/mol. The van der Waals surface area contributed by atoms with Crippen LogP contribution in [0.25, 0.3) is 0 Å². The van der Waals surface area contributed by atoms with Crippen molar-refractivity contribution in [1.82, 2.24) is 5.43 Å². The zero-order valence-corrected chi connectivity index (χ0v) is 13.9. The quantitative estimate of drug-likeness (QED) is 0.487. The number of nitrogens with one attached hydrogen (secondary N) is 1. The molecule has 0 saturated heterocycles. The van der Waals surface area contributed by atoms with Crippen LogP contribution < -0.4 is 5.43 Å². The van der Waals surface area contributed by atoms with E-state index in [9.17, 15) is 9.90 Å². The summed E-state index contributed by atoms with van der Waals surface area (Å²) < 4.78 is 5.32. The number of carbonyl (C=O) groups excluding carboxylic acids is 1. The molecule has 0 fully saturated rings. The van der Waals surface area contributed by atoms with Crippen molar-refractivity contribution in [3.63, 3.8) is 0 Å². The molecule has 0 atom stereocenters. The lowest BCUT2D eigenvalue weighted by Gasteiger charge is -2.27. The summed E-state index contributed by atoms with van der Waals surface area (Å²) >= 11 is 0. The third kappa shape index (κ3) is 3.81. The van der Waals surface area contributed by atoms with Crippen molar-refractivity contribution in [2.24, 2.45) is 5.10 Å². The highest BCUT2D eigenvalue weighted by Gasteiger charge is 2.40. The Morgan fingerprint density at radius 2 is 1.54 bits per heavy atom. The average molecular weight is 326 g/mol. The number of amides is 1. The van der Waals surface area contributed by atoms with Crippen molar-refractivity contribution < 1.29 is 14.6 Å². The molecule has 0 aromatic heterocycles. The van der Waals surface area contributed by atoms with Gasteiger partial charge in [0.25, 0.3) is 5.91 Å². The van der Waals surface area contributed by atoms with Gasteiger partial charge in [-0.3, -0.25) is 4.79 Å². The van der Waals surface area contributed by atoms with Crippen LogP contribution in [0.1, 0.15) is 31.4 Å². The van der Waals surface area contributed by atoms with Gasteiger partial charge in [0, 0.05) is 6.42 Å². The molecule has 0 aliphatic heterocycles. The summed E-state index contributed by atoms with van der Waals surface area (Å²) in [4.78, 5) is 12.8. The second-order valence-electron chi connectivity index (χ2n) is 5.18. The predicted octanol–water partition coefficient (Wildman–Crippen LogP) is 2.80. The summed E-state index contributed by atoms with van der Waals surface area (Å²) in [6, 6.07) is 17.6. The molecule has 126 valence electrons. The number of hydrogen-bond acceptors (Lipinski definition) is 4. The standard InChI is InChI=1S/C19H22N2O3/c1-3-17(24-4-2)20-21-18(22)19(23,15-11-7-5-8-12-15)16-13-9-6-10-14-16/h5-14,23H,3-4H2,1-2H3,(H,21,22)/b20-17+. The first kappa shape index (κ1) is 17.7. The molecule has 1 amide bonds. The van der Waals surface area contributed by atoms with E-state index in [4.69, 9.17) is 4.74 Å². The van der Waals surface area contributed by atoms with E-state index in [0.29, 0.717) is 30.1 Å². The van der Waals surface area contributed by atoms with Gasteiger partial charge >= 0.3 is 0 Å². The maximum atomic E-state index is 12.8. The van der Waals surface area contributed by atoms with Crippen LogP contribution in [0.3, 0.4) is 0 Å². The SMILES string of the molecule is CCO/C(CC)=N/NC(=O)C(O)(c1ccccc1)c1ccccc1. The Bertz CT molecular complexity index is 645. The number of carbonyl (C=O) groups is 1. The summed E-state index contributed by atoms with van der Waals surface area (Å²) in [6.45, 7) is 4.18. The normalized spacial score (nSPS) is 11.9. The van der Waals surface area contributed by atoms with Crippen LogP contribution in [0, 0.1) is 0 Å². The minimum Gasteiger partial charge on any atom is -0.480 e.